The van der Waals surface area contributed by atoms with Crippen LogP contribution in [0.15, 0.2) is 48.5 Å². The second-order valence-corrected chi connectivity index (χ2v) is 8.97. The molecule has 1 atom stereocenters. The lowest BCUT2D eigenvalue weighted by atomic mass is 9.95. The first-order chi connectivity index (χ1) is 15.0. The van der Waals surface area contributed by atoms with Crippen molar-refractivity contribution in [2.75, 3.05) is 0 Å². The number of carbonyl (C=O) groups excluding carboxylic acids is 2. The predicted octanol–water partition coefficient (Wildman–Crippen LogP) is 5.79. The SMILES string of the molecule is CC[C@@H](C(=O)NC1CCCCC1)N(Cc1ccccc1)C(=O)Cc1c(Cl)cccc1Cl. The maximum Gasteiger partial charge on any atom is 0.243 e. The molecule has 0 aromatic heterocycles. The fraction of sp³-hybridized carbons (Fsp3) is 0.440. The molecule has 0 spiro atoms. The van der Waals surface area contributed by atoms with Gasteiger partial charge in [-0.15, -0.1) is 0 Å². The van der Waals surface area contributed by atoms with Crippen LogP contribution in [0, 0.1) is 0 Å². The molecule has 3 rings (SSSR count). The van der Waals surface area contributed by atoms with Gasteiger partial charge in [0.25, 0.3) is 0 Å². The molecule has 0 heterocycles. The number of nitrogens with zero attached hydrogens (tertiary/aromatic N) is 1. The third-order valence-corrected chi connectivity index (χ3v) is 6.63. The van der Waals surface area contributed by atoms with Gasteiger partial charge in [-0.25, -0.2) is 0 Å². The minimum absolute atomic E-state index is 0.0541. The molecule has 1 aliphatic carbocycles. The van der Waals surface area contributed by atoms with Crippen LogP contribution in [0.25, 0.3) is 0 Å². The van der Waals surface area contributed by atoms with E-state index in [-0.39, 0.29) is 24.3 Å². The molecular formula is C25H30Cl2N2O2. The maximum absolute atomic E-state index is 13.4. The van der Waals surface area contributed by atoms with Gasteiger partial charge in [0.05, 0.1) is 6.42 Å². The Labute approximate surface area is 194 Å². The van der Waals surface area contributed by atoms with Gasteiger partial charge in [0, 0.05) is 22.6 Å². The van der Waals surface area contributed by atoms with Gasteiger partial charge in [0.1, 0.15) is 6.04 Å². The Morgan fingerprint density at radius 3 is 2.26 bits per heavy atom. The fourth-order valence-electron chi connectivity index (χ4n) is 4.20. The lowest BCUT2D eigenvalue weighted by Crippen LogP contribution is -2.52. The highest BCUT2D eigenvalue weighted by molar-refractivity contribution is 6.36. The normalized spacial score (nSPS) is 15.3. The number of benzene rings is 2. The summed E-state index contributed by atoms with van der Waals surface area (Å²) in [6, 6.07) is 14.6. The van der Waals surface area contributed by atoms with E-state index in [0.29, 0.717) is 28.6 Å². The van der Waals surface area contributed by atoms with Crippen LogP contribution in [-0.4, -0.2) is 28.8 Å². The van der Waals surface area contributed by atoms with Gasteiger partial charge >= 0.3 is 0 Å². The summed E-state index contributed by atoms with van der Waals surface area (Å²) >= 11 is 12.6. The van der Waals surface area contributed by atoms with E-state index in [1.54, 1.807) is 23.1 Å². The van der Waals surface area contributed by atoms with Crippen molar-refractivity contribution >= 4 is 35.0 Å². The summed E-state index contributed by atoms with van der Waals surface area (Å²) in [5, 5.41) is 4.11. The maximum atomic E-state index is 13.4. The van der Waals surface area contributed by atoms with Gasteiger partial charge in [0.15, 0.2) is 0 Å². The van der Waals surface area contributed by atoms with Crippen molar-refractivity contribution < 1.29 is 9.59 Å². The van der Waals surface area contributed by atoms with E-state index in [4.69, 9.17) is 23.2 Å². The highest BCUT2D eigenvalue weighted by Crippen LogP contribution is 2.26. The van der Waals surface area contributed by atoms with Gasteiger partial charge in [-0.2, -0.15) is 0 Å². The molecule has 0 unspecified atom stereocenters. The summed E-state index contributed by atoms with van der Waals surface area (Å²) in [6.45, 7) is 2.30. The molecule has 4 nitrogen and oxygen atoms in total. The van der Waals surface area contributed by atoms with Crippen molar-refractivity contribution in [2.45, 2.75) is 70.5 Å². The van der Waals surface area contributed by atoms with Crippen LogP contribution in [0.3, 0.4) is 0 Å². The summed E-state index contributed by atoms with van der Waals surface area (Å²) in [5.74, 6) is -0.242. The van der Waals surface area contributed by atoms with E-state index in [1.165, 1.54) is 6.42 Å². The Balaban J connectivity index is 1.83. The second kappa shape index (κ2) is 11.5. The Kier molecular flexibility index (Phi) is 8.79. The van der Waals surface area contributed by atoms with Crippen LogP contribution in [0.2, 0.25) is 10.0 Å². The molecule has 0 aliphatic heterocycles. The quantitative estimate of drug-likeness (QED) is 0.541. The highest BCUT2D eigenvalue weighted by Gasteiger charge is 2.30. The summed E-state index contributed by atoms with van der Waals surface area (Å²) in [6.07, 6.45) is 6.10. The van der Waals surface area contributed by atoms with Crippen molar-refractivity contribution in [1.29, 1.82) is 0 Å². The molecule has 1 N–H and O–H groups in total. The molecule has 2 aromatic rings. The average Bonchev–Trinajstić information content (AvgIpc) is 2.77. The van der Waals surface area contributed by atoms with Crippen LogP contribution < -0.4 is 5.32 Å². The zero-order valence-electron chi connectivity index (χ0n) is 17.9. The van der Waals surface area contributed by atoms with E-state index in [0.717, 1.165) is 31.2 Å². The Morgan fingerprint density at radius 2 is 1.65 bits per heavy atom. The third kappa shape index (κ3) is 6.47. The lowest BCUT2D eigenvalue weighted by Gasteiger charge is -2.33. The number of halogens is 2. The van der Waals surface area contributed by atoms with E-state index in [2.05, 4.69) is 5.32 Å². The molecule has 6 heteroatoms. The molecule has 0 saturated heterocycles. The molecule has 31 heavy (non-hydrogen) atoms. The molecule has 0 bridgehead atoms. The topological polar surface area (TPSA) is 49.4 Å². The molecular weight excluding hydrogens is 431 g/mol. The highest BCUT2D eigenvalue weighted by atomic mass is 35.5. The van der Waals surface area contributed by atoms with Crippen LogP contribution in [-0.2, 0) is 22.6 Å². The minimum atomic E-state index is -0.545. The molecule has 2 aromatic carbocycles. The Hall–Kier alpha value is -2.04. The van der Waals surface area contributed by atoms with Crippen molar-refractivity contribution in [3.05, 3.63) is 69.7 Å². The van der Waals surface area contributed by atoms with E-state index >= 15 is 0 Å². The summed E-state index contributed by atoms with van der Waals surface area (Å²) in [5.41, 5.74) is 1.57. The summed E-state index contributed by atoms with van der Waals surface area (Å²) in [7, 11) is 0. The average molecular weight is 461 g/mol. The molecule has 1 fully saturated rings. The van der Waals surface area contributed by atoms with Crippen LogP contribution in [0.1, 0.15) is 56.6 Å². The monoisotopic (exact) mass is 460 g/mol. The van der Waals surface area contributed by atoms with Gasteiger partial charge in [0.2, 0.25) is 11.8 Å². The largest absolute Gasteiger partial charge is 0.352 e. The van der Waals surface area contributed by atoms with Crippen molar-refractivity contribution in [3.63, 3.8) is 0 Å². The van der Waals surface area contributed by atoms with E-state index < -0.39 is 6.04 Å². The molecule has 1 saturated carbocycles. The Morgan fingerprint density at radius 1 is 1.00 bits per heavy atom. The van der Waals surface area contributed by atoms with E-state index in [1.807, 2.05) is 37.3 Å². The number of carbonyl (C=O) groups is 2. The van der Waals surface area contributed by atoms with Gasteiger partial charge in [-0.3, -0.25) is 9.59 Å². The molecule has 1 aliphatic rings. The van der Waals surface area contributed by atoms with Crippen LogP contribution in [0.4, 0.5) is 0 Å². The minimum Gasteiger partial charge on any atom is -0.352 e. The number of hydrogen-bond donors (Lipinski definition) is 1. The Bertz CT molecular complexity index is 862. The summed E-state index contributed by atoms with van der Waals surface area (Å²) in [4.78, 5) is 28.3. The molecule has 2 amide bonds. The fourth-order valence-corrected chi connectivity index (χ4v) is 4.73. The number of amides is 2. The van der Waals surface area contributed by atoms with Gasteiger partial charge in [-0.05, 0) is 42.5 Å². The van der Waals surface area contributed by atoms with Gasteiger partial charge < -0.3 is 10.2 Å². The number of rotatable bonds is 8. The standard InChI is InChI=1S/C25H30Cl2N2O2/c1-2-23(25(31)28-19-12-7-4-8-13-19)29(17-18-10-5-3-6-11-18)24(30)16-20-21(26)14-9-15-22(20)27/h3,5-6,9-11,14-15,19,23H,2,4,7-8,12-13,16-17H2,1H3,(H,28,31)/t23-/m0/s1. The summed E-state index contributed by atoms with van der Waals surface area (Å²) < 4.78 is 0. The van der Waals surface area contributed by atoms with Crippen LogP contribution >= 0.6 is 23.2 Å². The first kappa shape index (κ1) is 23.6. The van der Waals surface area contributed by atoms with Gasteiger partial charge in [-0.1, -0.05) is 85.8 Å². The zero-order chi connectivity index (χ0) is 22.2. The lowest BCUT2D eigenvalue weighted by molar-refractivity contribution is -0.141. The first-order valence-corrected chi connectivity index (χ1v) is 11.8. The van der Waals surface area contributed by atoms with Crippen molar-refractivity contribution in [1.82, 2.24) is 10.2 Å². The predicted molar refractivity (Wildman–Crippen MR) is 126 cm³/mol. The van der Waals surface area contributed by atoms with Crippen LogP contribution in [0.5, 0.6) is 0 Å². The zero-order valence-corrected chi connectivity index (χ0v) is 19.5. The first-order valence-electron chi connectivity index (χ1n) is 11.1. The molecule has 0 radical (unpaired) electrons. The smallest absolute Gasteiger partial charge is 0.243 e. The van der Waals surface area contributed by atoms with Crippen molar-refractivity contribution in [3.8, 4) is 0 Å². The molecule has 166 valence electrons. The number of nitrogens with one attached hydrogen (secondary N) is 1. The second-order valence-electron chi connectivity index (χ2n) is 8.15. The third-order valence-electron chi connectivity index (χ3n) is 5.92. The number of hydrogen-bond acceptors (Lipinski definition) is 2. The van der Waals surface area contributed by atoms with Crippen molar-refractivity contribution in [2.24, 2.45) is 0 Å². The van der Waals surface area contributed by atoms with E-state index in [9.17, 15) is 9.59 Å².